The molecule has 3 nitrogen and oxygen atoms in total. The molecule has 2 fully saturated rings. The Labute approximate surface area is 129 Å². The van der Waals surface area contributed by atoms with Crippen LogP contribution in [0.1, 0.15) is 42.9 Å². The maximum atomic E-state index is 6.41. The molecule has 2 unspecified atom stereocenters. The highest BCUT2D eigenvalue weighted by Crippen LogP contribution is 2.23. The predicted molar refractivity (Wildman–Crippen MR) is 88.4 cm³/mol. The second-order valence-corrected chi connectivity index (χ2v) is 6.74. The van der Waals surface area contributed by atoms with Gasteiger partial charge in [-0.3, -0.25) is 4.90 Å². The Morgan fingerprint density at radius 1 is 1.19 bits per heavy atom. The molecule has 2 atom stereocenters. The van der Waals surface area contributed by atoms with Gasteiger partial charge in [0.05, 0.1) is 0 Å². The molecule has 21 heavy (non-hydrogen) atoms. The van der Waals surface area contributed by atoms with Gasteiger partial charge in [-0.1, -0.05) is 30.7 Å². The Morgan fingerprint density at radius 3 is 2.90 bits per heavy atom. The monoisotopic (exact) mass is 287 g/mol. The van der Waals surface area contributed by atoms with Crippen molar-refractivity contribution in [3.8, 4) is 0 Å². The maximum absolute atomic E-state index is 6.41. The third kappa shape index (κ3) is 3.65. The lowest BCUT2D eigenvalue weighted by Gasteiger charge is -2.44. The van der Waals surface area contributed by atoms with E-state index in [9.17, 15) is 0 Å². The average Bonchev–Trinajstić information content (AvgIpc) is 2.53. The zero-order valence-electron chi connectivity index (χ0n) is 13.3. The Morgan fingerprint density at radius 2 is 2.05 bits per heavy atom. The number of nitrogens with zero attached hydrogens (tertiary/aromatic N) is 2. The fourth-order valence-corrected chi connectivity index (χ4v) is 3.90. The molecule has 2 N–H and O–H groups in total. The topological polar surface area (TPSA) is 32.5 Å². The number of rotatable bonds is 4. The summed E-state index contributed by atoms with van der Waals surface area (Å²) >= 11 is 0. The van der Waals surface area contributed by atoms with Gasteiger partial charge in [0, 0.05) is 38.3 Å². The molecule has 0 radical (unpaired) electrons. The zero-order valence-corrected chi connectivity index (χ0v) is 13.3. The largest absolute Gasteiger partial charge is 0.324 e. The summed E-state index contributed by atoms with van der Waals surface area (Å²) in [6, 6.07) is 9.52. The molecule has 116 valence electrons. The van der Waals surface area contributed by atoms with E-state index in [1.54, 1.807) is 0 Å². The number of benzene rings is 1. The minimum absolute atomic E-state index is 0.176. The second-order valence-electron chi connectivity index (χ2n) is 6.74. The van der Waals surface area contributed by atoms with E-state index in [2.05, 4.69) is 41.0 Å². The van der Waals surface area contributed by atoms with Gasteiger partial charge in [-0.2, -0.15) is 0 Å². The summed E-state index contributed by atoms with van der Waals surface area (Å²) in [5, 5.41) is 0. The first kappa shape index (κ1) is 15.0. The molecule has 3 heteroatoms. The number of piperidine rings is 1. The molecule has 1 aromatic carbocycles. The highest BCUT2D eigenvalue weighted by molar-refractivity contribution is 5.28. The lowest BCUT2D eigenvalue weighted by atomic mass is 9.97. The molecule has 1 aromatic rings. The molecular weight excluding hydrogens is 258 g/mol. The van der Waals surface area contributed by atoms with Crippen LogP contribution in [-0.4, -0.2) is 48.6 Å². The van der Waals surface area contributed by atoms with Crippen molar-refractivity contribution in [2.75, 3.05) is 32.7 Å². The van der Waals surface area contributed by atoms with Crippen LogP contribution in [0.2, 0.25) is 0 Å². The summed E-state index contributed by atoms with van der Waals surface area (Å²) in [4.78, 5) is 5.33. The molecule has 2 aliphatic heterocycles. The second kappa shape index (κ2) is 6.91. The van der Waals surface area contributed by atoms with Gasteiger partial charge in [0.25, 0.3) is 0 Å². The predicted octanol–water partition coefficient (Wildman–Crippen LogP) is 2.56. The molecule has 0 amide bonds. The number of hydrogen-bond donors (Lipinski definition) is 1. The highest BCUT2D eigenvalue weighted by Gasteiger charge is 2.28. The van der Waals surface area contributed by atoms with Gasteiger partial charge < -0.3 is 10.6 Å². The van der Waals surface area contributed by atoms with E-state index < -0.39 is 0 Å². The van der Waals surface area contributed by atoms with Gasteiger partial charge >= 0.3 is 0 Å². The Hall–Kier alpha value is -0.900. The van der Waals surface area contributed by atoms with Crippen molar-refractivity contribution in [2.24, 2.45) is 5.73 Å². The van der Waals surface area contributed by atoms with Crippen molar-refractivity contribution in [1.29, 1.82) is 0 Å². The van der Waals surface area contributed by atoms with E-state index in [1.807, 2.05) is 0 Å². The number of hydrogen-bond acceptors (Lipinski definition) is 3. The quantitative estimate of drug-likeness (QED) is 0.924. The lowest BCUT2D eigenvalue weighted by molar-refractivity contribution is 0.0481. The number of nitrogens with two attached hydrogens (primary N) is 1. The van der Waals surface area contributed by atoms with Crippen molar-refractivity contribution >= 4 is 0 Å². The fourth-order valence-electron chi connectivity index (χ4n) is 3.90. The van der Waals surface area contributed by atoms with E-state index in [1.165, 1.54) is 56.6 Å². The molecular formula is C18H29N3. The molecule has 0 bridgehead atoms. The summed E-state index contributed by atoms with van der Waals surface area (Å²) in [7, 11) is 0. The molecule has 0 aliphatic carbocycles. The first-order valence-corrected chi connectivity index (χ1v) is 8.51. The lowest BCUT2D eigenvalue weighted by Crippen LogP contribution is -2.54. The van der Waals surface area contributed by atoms with Crippen molar-refractivity contribution in [3.63, 3.8) is 0 Å². The van der Waals surface area contributed by atoms with Gasteiger partial charge in [-0.25, -0.2) is 0 Å². The third-order valence-electron chi connectivity index (χ3n) is 5.27. The third-order valence-corrected chi connectivity index (χ3v) is 5.27. The Bertz CT molecular complexity index is 460. The Balaban J connectivity index is 1.50. The van der Waals surface area contributed by atoms with Crippen LogP contribution in [-0.2, 0) is 0 Å². The zero-order chi connectivity index (χ0) is 14.7. The van der Waals surface area contributed by atoms with Gasteiger partial charge in [-0.15, -0.1) is 0 Å². The van der Waals surface area contributed by atoms with Crippen LogP contribution < -0.4 is 5.73 Å². The molecule has 2 aliphatic rings. The number of fused-ring (bicyclic) bond motifs is 1. The standard InChI is InChI=1S/C18H29N3/c1-15-6-2-3-8-17(15)18(19)9-11-20-12-13-21-10-5-4-7-16(21)14-20/h2-3,6,8,16,18H,4-5,7,9-14,19H2,1H3. The van der Waals surface area contributed by atoms with Crippen molar-refractivity contribution in [3.05, 3.63) is 35.4 Å². The average molecular weight is 287 g/mol. The van der Waals surface area contributed by atoms with E-state index in [4.69, 9.17) is 5.73 Å². The molecule has 0 saturated carbocycles. The van der Waals surface area contributed by atoms with E-state index in [-0.39, 0.29) is 6.04 Å². The maximum Gasteiger partial charge on any atom is 0.0309 e. The molecule has 0 aromatic heterocycles. The van der Waals surface area contributed by atoms with Crippen LogP contribution in [0.3, 0.4) is 0 Å². The summed E-state index contributed by atoms with van der Waals surface area (Å²) in [6.45, 7) is 8.35. The van der Waals surface area contributed by atoms with Crippen LogP contribution in [0.25, 0.3) is 0 Å². The normalized spacial score (nSPS) is 25.5. The minimum Gasteiger partial charge on any atom is -0.324 e. The van der Waals surface area contributed by atoms with Crippen LogP contribution >= 0.6 is 0 Å². The summed E-state index contributed by atoms with van der Waals surface area (Å²) < 4.78 is 0. The van der Waals surface area contributed by atoms with Gasteiger partial charge in [0.1, 0.15) is 0 Å². The Kier molecular flexibility index (Phi) is 4.94. The van der Waals surface area contributed by atoms with E-state index in [0.29, 0.717) is 0 Å². The smallest absolute Gasteiger partial charge is 0.0309 e. The van der Waals surface area contributed by atoms with E-state index >= 15 is 0 Å². The van der Waals surface area contributed by atoms with Gasteiger partial charge in [0.15, 0.2) is 0 Å². The molecule has 2 heterocycles. The van der Waals surface area contributed by atoms with Crippen LogP contribution in [0.4, 0.5) is 0 Å². The number of piperazine rings is 1. The van der Waals surface area contributed by atoms with Gasteiger partial charge in [0.2, 0.25) is 0 Å². The van der Waals surface area contributed by atoms with Crippen LogP contribution in [0.5, 0.6) is 0 Å². The van der Waals surface area contributed by atoms with Gasteiger partial charge in [-0.05, 0) is 43.9 Å². The fraction of sp³-hybridized carbons (Fsp3) is 0.667. The summed E-state index contributed by atoms with van der Waals surface area (Å²) in [5.41, 5.74) is 9.04. The summed E-state index contributed by atoms with van der Waals surface area (Å²) in [5.74, 6) is 0. The summed E-state index contributed by atoms with van der Waals surface area (Å²) in [6.07, 6.45) is 5.27. The van der Waals surface area contributed by atoms with Crippen molar-refractivity contribution < 1.29 is 0 Å². The SMILES string of the molecule is Cc1ccccc1C(N)CCN1CCN2CCCCC2C1. The molecule has 0 spiro atoms. The van der Waals surface area contributed by atoms with Crippen LogP contribution in [0, 0.1) is 6.92 Å². The first-order valence-electron chi connectivity index (χ1n) is 8.51. The number of aryl methyl sites for hydroxylation is 1. The first-order chi connectivity index (χ1) is 10.2. The molecule has 3 rings (SSSR count). The van der Waals surface area contributed by atoms with E-state index in [0.717, 1.165) is 19.0 Å². The minimum atomic E-state index is 0.176. The highest BCUT2D eigenvalue weighted by atomic mass is 15.3. The van der Waals surface area contributed by atoms with Crippen molar-refractivity contribution in [2.45, 2.75) is 44.7 Å². The van der Waals surface area contributed by atoms with Crippen molar-refractivity contribution in [1.82, 2.24) is 9.80 Å². The molecule has 2 saturated heterocycles. The van der Waals surface area contributed by atoms with Crippen LogP contribution in [0.15, 0.2) is 24.3 Å².